The first kappa shape index (κ1) is 62.6. The van der Waals surface area contributed by atoms with E-state index in [0.29, 0.717) is 37.6 Å². The topological polar surface area (TPSA) is 205 Å². The van der Waals surface area contributed by atoms with Gasteiger partial charge in [-0.1, -0.05) is 74.2 Å². The van der Waals surface area contributed by atoms with Gasteiger partial charge in [-0.25, -0.2) is 28.0 Å². The molecule has 5 aliphatic rings. The summed E-state index contributed by atoms with van der Waals surface area (Å²) >= 11 is 0. The number of nitrogens with zero attached hydrogens (tertiary/aromatic N) is 4. The van der Waals surface area contributed by atoms with E-state index in [4.69, 9.17) is 28.4 Å². The van der Waals surface area contributed by atoms with Gasteiger partial charge in [0.05, 0.1) is 0 Å². The number of hydrogen-bond donors (Lipinski definition) is 0. The highest BCUT2D eigenvalue weighted by molar-refractivity contribution is 5.94. The van der Waals surface area contributed by atoms with Crippen LogP contribution in [0.25, 0.3) is 0 Å². The monoisotopic (exact) mass is 1130 g/mol. The number of carbonyl (C=O) groups is 8. The van der Waals surface area contributed by atoms with E-state index in [9.17, 15) is 38.4 Å². The van der Waals surface area contributed by atoms with Gasteiger partial charge >= 0.3 is 23.9 Å². The van der Waals surface area contributed by atoms with E-state index in [1.165, 1.54) is 62.8 Å². The Kier molecular flexibility index (Phi) is 21.1. The zero-order chi connectivity index (χ0) is 58.9. The van der Waals surface area contributed by atoms with E-state index in [0.717, 1.165) is 82.1 Å². The second-order valence-electron chi connectivity index (χ2n) is 24.3. The molecular formula is C61H84F2N4O14. The average Bonchev–Trinajstić information content (AvgIpc) is 4.51. The van der Waals surface area contributed by atoms with E-state index < -0.39 is 121 Å². The van der Waals surface area contributed by atoms with Crippen molar-refractivity contribution in [2.75, 3.05) is 61.2 Å². The molecule has 2 saturated carbocycles. The normalized spacial score (nSPS) is 26.9. The summed E-state index contributed by atoms with van der Waals surface area (Å²) < 4.78 is 66.4. The summed E-state index contributed by atoms with van der Waals surface area (Å²) in [5.41, 5.74) is -0.882. The molecule has 81 heavy (non-hydrogen) atoms. The number of benzene rings is 2. The fourth-order valence-corrected chi connectivity index (χ4v) is 11.0. The molecule has 20 heteroatoms. The van der Waals surface area contributed by atoms with Gasteiger partial charge in [-0.3, -0.25) is 19.2 Å². The smallest absolute Gasteiger partial charge is 0.329 e. The number of amides is 4. The van der Waals surface area contributed by atoms with Crippen LogP contribution in [0.3, 0.4) is 0 Å². The lowest BCUT2D eigenvalue weighted by Crippen LogP contribution is -2.54. The lowest BCUT2D eigenvalue weighted by Gasteiger charge is -2.35. The second-order valence-corrected chi connectivity index (χ2v) is 24.3. The molecule has 3 heterocycles. The van der Waals surface area contributed by atoms with Crippen molar-refractivity contribution in [2.45, 2.75) is 190 Å². The van der Waals surface area contributed by atoms with E-state index in [1.54, 1.807) is 0 Å². The third kappa shape index (κ3) is 17.7. The lowest BCUT2D eigenvalue weighted by molar-refractivity contribution is -0.175. The number of rotatable bonds is 14. The Morgan fingerprint density at radius 1 is 0.469 bits per heavy atom. The number of hydrogen-bond acceptors (Lipinski definition) is 14. The quantitative estimate of drug-likeness (QED) is 0.142. The van der Waals surface area contributed by atoms with Gasteiger partial charge in [0, 0.05) is 80.3 Å². The van der Waals surface area contributed by atoms with Crippen LogP contribution in [0.5, 0.6) is 0 Å². The Morgan fingerprint density at radius 2 is 0.827 bits per heavy atom. The summed E-state index contributed by atoms with van der Waals surface area (Å²) in [6.45, 7) is 7.67. The molecule has 0 N–H and O–H groups in total. The van der Waals surface area contributed by atoms with Gasteiger partial charge < -0.3 is 48.0 Å². The van der Waals surface area contributed by atoms with Crippen LogP contribution >= 0.6 is 0 Å². The van der Waals surface area contributed by atoms with Gasteiger partial charge in [0.1, 0.15) is 35.5 Å². The van der Waals surface area contributed by atoms with Crippen molar-refractivity contribution < 1.29 is 75.6 Å². The van der Waals surface area contributed by atoms with Crippen molar-refractivity contribution in [1.82, 2.24) is 19.6 Å². The van der Waals surface area contributed by atoms with Gasteiger partial charge in [-0.2, -0.15) is 0 Å². The maximum absolute atomic E-state index is 15.9. The summed E-state index contributed by atoms with van der Waals surface area (Å²) in [4.78, 5) is 121. The minimum absolute atomic E-state index is 0.00298. The van der Waals surface area contributed by atoms with Crippen LogP contribution in [0.4, 0.5) is 8.78 Å². The Labute approximate surface area is 475 Å². The number of esters is 4. The Bertz CT molecular complexity index is 2470. The van der Waals surface area contributed by atoms with Crippen LogP contribution in [0.1, 0.15) is 146 Å². The molecule has 2 aromatic carbocycles. The van der Waals surface area contributed by atoms with Gasteiger partial charge in [0.2, 0.25) is 0 Å². The molecule has 0 spiro atoms. The zero-order valence-corrected chi connectivity index (χ0v) is 48.7. The molecule has 0 aromatic heterocycles. The van der Waals surface area contributed by atoms with Gasteiger partial charge in [0.15, 0.2) is 24.9 Å². The van der Waals surface area contributed by atoms with Crippen molar-refractivity contribution in [3.8, 4) is 0 Å². The molecule has 2 aliphatic carbocycles. The highest BCUT2D eigenvalue weighted by Crippen LogP contribution is 2.37. The standard InChI is InChI=1S/C61H84F2N4O14/c1-37-53(69)67(9)49(35-61(4,5)63)59(75)81-50(32-40-14-18-42(19-15-40)44-22-26-76-27-23-44)54(70)65(7)46(30-38-10-11-38)56(72)78-36-52(68)64(6)48(34-60(2,3)62)58(74)80-51(55(71)66(8)47(57(73)79-37)31-39-12-13-39)33-41-16-20-43(21-17-41)45-24-28-77-29-25-45/h14-21,37-39,44-51H,10-13,22-36H2,1-9H3/t37-,46+,47+,48+,49+,50-,51-/m1/s1. The predicted molar refractivity (Wildman–Crippen MR) is 293 cm³/mol. The molecule has 446 valence electrons. The van der Waals surface area contributed by atoms with Crippen LogP contribution in [-0.2, 0) is 79.6 Å². The minimum atomic E-state index is -2.09. The minimum Gasteiger partial charge on any atom is -0.454 e. The summed E-state index contributed by atoms with van der Waals surface area (Å²) in [6, 6.07) is 9.00. The maximum atomic E-state index is 15.9. The van der Waals surface area contributed by atoms with Crippen molar-refractivity contribution >= 4 is 47.5 Å². The van der Waals surface area contributed by atoms with Crippen LogP contribution in [0, 0.1) is 11.8 Å². The van der Waals surface area contributed by atoms with Crippen LogP contribution in [0.15, 0.2) is 48.5 Å². The average molecular weight is 1140 g/mol. The Balaban J connectivity index is 1.25. The lowest BCUT2D eigenvalue weighted by atomic mass is 9.90. The van der Waals surface area contributed by atoms with Crippen molar-refractivity contribution in [3.63, 3.8) is 0 Å². The first-order chi connectivity index (χ1) is 38.3. The first-order valence-corrected chi connectivity index (χ1v) is 28.8. The molecular weight excluding hydrogens is 1050 g/mol. The van der Waals surface area contributed by atoms with Gasteiger partial charge in [0.25, 0.3) is 23.6 Å². The van der Waals surface area contributed by atoms with Crippen LogP contribution in [0.2, 0.25) is 0 Å². The number of halogens is 2. The van der Waals surface area contributed by atoms with Crippen molar-refractivity contribution in [2.24, 2.45) is 11.8 Å². The summed E-state index contributed by atoms with van der Waals surface area (Å²) in [5, 5.41) is 0. The van der Waals surface area contributed by atoms with E-state index in [1.807, 2.05) is 48.5 Å². The van der Waals surface area contributed by atoms with E-state index in [-0.39, 0.29) is 49.4 Å². The molecule has 5 fully saturated rings. The molecule has 0 bridgehead atoms. The highest BCUT2D eigenvalue weighted by Gasteiger charge is 2.45. The summed E-state index contributed by atoms with van der Waals surface area (Å²) in [5.74, 6) is -7.25. The molecule has 0 unspecified atom stereocenters. The molecule has 0 radical (unpaired) electrons. The number of likely N-dealkylation sites (N-methyl/N-ethyl adjacent to an activating group) is 4. The maximum Gasteiger partial charge on any atom is 0.329 e. The number of cyclic esters (lactones) is 4. The molecule has 3 aliphatic heterocycles. The molecule has 3 saturated heterocycles. The van der Waals surface area contributed by atoms with E-state index >= 15 is 8.78 Å². The van der Waals surface area contributed by atoms with Crippen LogP contribution < -0.4 is 0 Å². The molecule has 4 amide bonds. The fourth-order valence-electron chi connectivity index (χ4n) is 11.0. The number of carbonyl (C=O) groups excluding carboxylic acids is 8. The van der Waals surface area contributed by atoms with Gasteiger partial charge in [-0.15, -0.1) is 0 Å². The largest absolute Gasteiger partial charge is 0.454 e. The highest BCUT2D eigenvalue weighted by atomic mass is 19.1. The second kappa shape index (κ2) is 27.4. The third-order valence-electron chi connectivity index (χ3n) is 16.5. The summed E-state index contributed by atoms with van der Waals surface area (Å²) in [6.07, 6.45) is 0.0169. The van der Waals surface area contributed by atoms with Crippen molar-refractivity contribution in [1.29, 1.82) is 0 Å². The zero-order valence-electron chi connectivity index (χ0n) is 48.7. The number of alkyl halides is 2. The predicted octanol–water partition coefficient (Wildman–Crippen LogP) is 6.76. The summed E-state index contributed by atoms with van der Waals surface area (Å²) in [7, 11) is 5.15. The van der Waals surface area contributed by atoms with Crippen LogP contribution in [-0.4, -0.2) is 182 Å². The SMILES string of the molecule is C[C@H]1OC(=O)[C@H](CC2CC2)N(C)C(=O)[C@@H](Cc2ccc(C3CCOCC3)cc2)OC(=O)[C@H](CC(C)(C)F)N(C)C(=O)COC(=O)[C@H](CC2CC2)N(C)C(=O)[C@@H](Cc2ccc(C3CCOCC3)cc2)OC(=O)[C@H](CC(C)(C)F)N(C)C1=O. The molecule has 18 nitrogen and oxygen atoms in total. The Morgan fingerprint density at radius 3 is 1.21 bits per heavy atom. The first-order valence-electron chi connectivity index (χ1n) is 28.8. The fraction of sp³-hybridized carbons (Fsp3) is 0.672. The molecule has 7 rings (SSSR count). The third-order valence-corrected chi connectivity index (χ3v) is 16.5. The molecule has 7 atom stereocenters. The number of ether oxygens (including phenoxy) is 6. The Hall–Kier alpha value is -6.02. The van der Waals surface area contributed by atoms with E-state index in [2.05, 4.69) is 0 Å². The molecule has 2 aromatic rings. The van der Waals surface area contributed by atoms with Crippen molar-refractivity contribution in [3.05, 3.63) is 70.8 Å². The van der Waals surface area contributed by atoms with Gasteiger partial charge in [-0.05, 0) is 119 Å².